The van der Waals surface area contributed by atoms with E-state index in [0.29, 0.717) is 36.1 Å². The zero-order valence-corrected chi connectivity index (χ0v) is 27.2. The van der Waals surface area contributed by atoms with Crippen molar-refractivity contribution in [2.75, 3.05) is 6.61 Å². The van der Waals surface area contributed by atoms with E-state index in [-0.39, 0.29) is 17.5 Å². The molecule has 4 aromatic carbocycles. The number of carboxylic acids is 1. The standard InChI is InChI=1S/C20H20O3.C18H16O3.C2H6/c1-3-23-20(22)11-10-16-7-5-9-18(13-16)19(21)14-17-8-4-6-15(2)12-17;1-13-4-2-6-15(10-13)12-17(19)16-7-3-5-14(11-16)8-9-18(20)21;1-2/h4-13H,3,14H2,1-2H3;2-11H,12H2,1H3,(H,20,21);1-2H3/b11-10+;9-8+;. The topological polar surface area (TPSA) is 97.7 Å². The van der Waals surface area contributed by atoms with Crippen LogP contribution < -0.4 is 0 Å². The molecule has 0 aromatic heterocycles. The van der Waals surface area contributed by atoms with E-state index < -0.39 is 5.97 Å². The van der Waals surface area contributed by atoms with Gasteiger partial charge in [0.15, 0.2) is 11.6 Å². The molecule has 6 heteroatoms. The number of rotatable bonds is 11. The summed E-state index contributed by atoms with van der Waals surface area (Å²) in [5, 5.41) is 8.62. The second-order valence-corrected chi connectivity index (χ2v) is 10.2. The largest absolute Gasteiger partial charge is 0.478 e. The van der Waals surface area contributed by atoms with Crippen LogP contribution in [0.2, 0.25) is 0 Å². The smallest absolute Gasteiger partial charge is 0.330 e. The third-order valence-corrected chi connectivity index (χ3v) is 6.43. The van der Waals surface area contributed by atoms with Crippen molar-refractivity contribution in [1.82, 2.24) is 0 Å². The minimum atomic E-state index is -1.01. The molecule has 0 heterocycles. The molecule has 0 bridgehead atoms. The van der Waals surface area contributed by atoms with Crippen LogP contribution in [0.5, 0.6) is 0 Å². The number of hydrogen-bond donors (Lipinski definition) is 1. The highest BCUT2D eigenvalue weighted by Gasteiger charge is 2.09. The van der Waals surface area contributed by atoms with Gasteiger partial charge in [-0.05, 0) is 67.3 Å². The van der Waals surface area contributed by atoms with Crippen LogP contribution in [0.1, 0.15) is 74.9 Å². The number of aryl methyl sites for hydroxylation is 2. The van der Waals surface area contributed by atoms with Crippen LogP contribution >= 0.6 is 0 Å². The maximum atomic E-state index is 12.4. The fraction of sp³-hybridized carbons (Fsp3) is 0.200. The van der Waals surface area contributed by atoms with Gasteiger partial charge in [0.1, 0.15) is 0 Å². The van der Waals surface area contributed by atoms with Crippen molar-refractivity contribution in [1.29, 1.82) is 0 Å². The van der Waals surface area contributed by atoms with Crippen molar-refractivity contribution in [3.63, 3.8) is 0 Å². The lowest BCUT2D eigenvalue weighted by Crippen LogP contribution is -2.04. The van der Waals surface area contributed by atoms with E-state index >= 15 is 0 Å². The first-order chi connectivity index (χ1) is 22.1. The predicted molar refractivity (Wildman–Crippen MR) is 185 cm³/mol. The van der Waals surface area contributed by atoms with Gasteiger partial charge in [-0.3, -0.25) is 9.59 Å². The maximum Gasteiger partial charge on any atom is 0.330 e. The molecule has 0 fully saturated rings. The molecule has 0 aliphatic rings. The fourth-order valence-corrected chi connectivity index (χ4v) is 4.37. The minimum Gasteiger partial charge on any atom is -0.478 e. The van der Waals surface area contributed by atoms with Crippen LogP contribution in [0.15, 0.2) is 109 Å². The van der Waals surface area contributed by atoms with Crippen LogP contribution in [-0.2, 0) is 27.2 Å². The van der Waals surface area contributed by atoms with Gasteiger partial charge < -0.3 is 9.84 Å². The second kappa shape index (κ2) is 19.8. The Labute approximate surface area is 272 Å². The number of Topliss-reactive ketones (excluding diaryl/α,β-unsaturated/α-hetero) is 2. The van der Waals surface area contributed by atoms with E-state index in [4.69, 9.17) is 9.84 Å². The molecule has 0 amide bonds. The van der Waals surface area contributed by atoms with Crippen LogP contribution in [0, 0.1) is 13.8 Å². The van der Waals surface area contributed by atoms with Crippen molar-refractivity contribution < 1.29 is 29.0 Å². The maximum absolute atomic E-state index is 12.4. The number of aliphatic carboxylic acids is 1. The van der Waals surface area contributed by atoms with Crippen molar-refractivity contribution in [2.24, 2.45) is 0 Å². The Balaban J connectivity index is 0.000000305. The molecule has 4 rings (SSSR count). The van der Waals surface area contributed by atoms with Gasteiger partial charge in [0.2, 0.25) is 0 Å². The first kappa shape index (κ1) is 36.8. The van der Waals surface area contributed by atoms with Gasteiger partial charge in [0.05, 0.1) is 6.61 Å². The Morgan fingerprint density at radius 1 is 0.630 bits per heavy atom. The lowest BCUT2D eigenvalue weighted by molar-refractivity contribution is -0.137. The van der Waals surface area contributed by atoms with Gasteiger partial charge in [-0.25, -0.2) is 9.59 Å². The first-order valence-corrected chi connectivity index (χ1v) is 15.3. The third kappa shape index (κ3) is 13.5. The monoisotopic (exact) mass is 618 g/mol. The molecule has 1 N–H and O–H groups in total. The minimum absolute atomic E-state index is 0.0196. The molecular weight excluding hydrogens is 576 g/mol. The summed E-state index contributed by atoms with van der Waals surface area (Å²) in [6.45, 7) is 10.1. The summed E-state index contributed by atoms with van der Waals surface area (Å²) in [6.07, 6.45) is 6.27. The van der Waals surface area contributed by atoms with Crippen molar-refractivity contribution in [3.8, 4) is 0 Å². The van der Waals surface area contributed by atoms with Crippen LogP contribution in [0.4, 0.5) is 0 Å². The molecule has 6 nitrogen and oxygen atoms in total. The van der Waals surface area contributed by atoms with Crippen molar-refractivity contribution in [3.05, 3.63) is 154 Å². The third-order valence-electron chi connectivity index (χ3n) is 6.43. The van der Waals surface area contributed by atoms with Gasteiger partial charge >= 0.3 is 11.9 Å². The summed E-state index contributed by atoms with van der Waals surface area (Å²) < 4.78 is 4.84. The summed E-state index contributed by atoms with van der Waals surface area (Å²) in [6, 6.07) is 30.0. The highest BCUT2D eigenvalue weighted by molar-refractivity contribution is 5.99. The lowest BCUT2D eigenvalue weighted by Gasteiger charge is -2.04. The number of benzene rings is 4. The van der Waals surface area contributed by atoms with Crippen LogP contribution in [0.3, 0.4) is 0 Å². The summed E-state index contributed by atoms with van der Waals surface area (Å²) in [5.74, 6) is -1.32. The van der Waals surface area contributed by atoms with E-state index in [1.165, 1.54) is 12.2 Å². The molecule has 46 heavy (non-hydrogen) atoms. The van der Waals surface area contributed by atoms with Gasteiger partial charge in [-0.15, -0.1) is 0 Å². The molecule has 0 saturated heterocycles. The highest BCUT2D eigenvalue weighted by atomic mass is 16.5. The number of esters is 1. The predicted octanol–water partition coefficient (Wildman–Crippen LogP) is 8.54. The van der Waals surface area contributed by atoms with Crippen molar-refractivity contribution in [2.45, 2.75) is 47.5 Å². The van der Waals surface area contributed by atoms with E-state index in [9.17, 15) is 19.2 Å². The molecule has 0 saturated carbocycles. The second-order valence-electron chi connectivity index (χ2n) is 10.2. The summed E-state index contributed by atoms with van der Waals surface area (Å²) >= 11 is 0. The average molecular weight is 619 g/mol. The van der Waals surface area contributed by atoms with E-state index in [1.54, 1.807) is 49.4 Å². The van der Waals surface area contributed by atoms with E-state index in [1.807, 2.05) is 88.4 Å². The average Bonchev–Trinajstić information content (AvgIpc) is 3.04. The number of carbonyl (C=O) groups excluding carboxylic acids is 3. The van der Waals surface area contributed by atoms with Crippen LogP contribution in [0.25, 0.3) is 12.2 Å². The quantitative estimate of drug-likeness (QED) is 0.103. The van der Waals surface area contributed by atoms with E-state index in [0.717, 1.165) is 33.9 Å². The normalized spacial score (nSPS) is 10.4. The Morgan fingerprint density at radius 2 is 1.07 bits per heavy atom. The molecule has 0 atom stereocenters. The molecule has 4 aromatic rings. The lowest BCUT2D eigenvalue weighted by atomic mass is 10.00. The summed E-state index contributed by atoms with van der Waals surface area (Å²) in [7, 11) is 0. The van der Waals surface area contributed by atoms with Gasteiger partial charge in [0.25, 0.3) is 0 Å². The van der Waals surface area contributed by atoms with Gasteiger partial charge in [-0.1, -0.05) is 110 Å². The molecule has 0 spiro atoms. The summed E-state index contributed by atoms with van der Waals surface area (Å²) in [4.78, 5) is 46.5. The fourth-order valence-electron chi connectivity index (χ4n) is 4.37. The SMILES string of the molecule is CC.CCOC(=O)/C=C/c1cccc(C(=O)Cc2cccc(C)c2)c1.Cc1cccc(CC(=O)c2cccc(/C=C/C(=O)O)c2)c1. The molecule has 0 radical (unpaired) electrons. The number of ketones is 2. The zero-order chi connectivity index (χ0) is 33.9. The number of hydrogen-bond acceptors (Lipinski definition) is 5. The van der Waals surface area contributed by atoms with Crippen LogP contribution in [-0.4, -0.2) is 35.2 Å². The Bertz CT molecular complexity index is 1680. The molecule has 0 unspecified atom stereocenters. The van der Waals surface area contributed by atoms with Gasteiger partial charge in [-0.2, -0.15) is 0 Å². The molecule has 0 aliphatic carbocycles. The molecule has 0 aliphatic heterocycles. The Hall–Kier alpha value is -5.36. The Morgan fingerprint density at radius 3 is 1.48 bits per heavy atom. The number of ether oxygens (including phenoxy) is 1. The molecule has 238 valence electrons. The number of carboxylic acid groups (broad SMARTS) is 1. The highest BCUT2D eigenvalue weighted by Crippen LogP contribution is 2.14. The molecular formula is C40H42O6. The Kier molecular flexibility index (Phi) is 15.9. The first-order valence-electron chi connectivity index (χ1n) is 15.3. The van der Waals surface area contributed by atoms with Gasteiger partial charge in [0, 0.05) is 36.1 Å². The zero-order valence-electron chi connectivity index (χ0n) is 27.2. The number of carbonyl (C=O) groups is 4. The van der Waals surface area contributed by atoms with Crippen molar-refractivity contribution >= 4 is 35.7 Å². The summed E-state index contributed by atoms with van der Waals surface area (Å²) in [5.41, 5.74) is 6.97. The van der Waals surface area contributed by atoms with E-state index in [2.05, 4.69) is 0 Å².